The molecule has 0 saturated carbocycles. The number of nitrogens with one attached hydrogen (secondary N) is 1. The van der Waals surface area contributed by atoms with Gasteiger partial charge in [-0.2, -0.15) is 0 Å². The van der Waals surface area contributed by atoms with Gasteiger partial charge >= 0.3 is 0 Å². The molecular weight excluding hydrogens is 326 g/mol. The van der Waals surface area contributed by atoms with E-state index in [1.54, 1.807) is 6.07 Å². The zero-order chi connectivity index (χ0) is 16.8. The Balaban J connectivity index is 1.52. The lowest BCUT2D eigenvalue weighted by Gasteiger charge is -2.12. The monoisotopic (exact) mass is 345 g/mol. The molecule has 0 bridgehead atoms. The van der Waals surface area contributed by atoms with Gasteiger partial charge in [0.15, 0.2) is 6.61 Å². The van der Waals surface area contributed by atoms with Gasteiger partial charge < -0.3 is 14.8 Å². The quantitative estimate of drug-likeness (QED) is 0.868. The molecule has 0 aliphatic carbocycles. The third kappa shape index (κ3) is 4.49. The first-order valence-corrected chi connectivity index (χ1v) is 8.46. The van der Waals surface area contributed by atoms with Gasteiger partial charge in [-0.1, -0.05) is 48.0 Å². The third-order valence-electron chi connectivity index (χ3n) is 3.95. The van der Waals surface area contributed by atoms with Gasteiger partial charge in [0.05, 0.1) is 11.1 Å². The minimum atomic E-state index is -0.172. The first kappa shape index (κ1) is 16.8. The first-order chi connectivity index (χ1) is 11.7. The highest BCUT2D eigenvalue weighted by Gasteiger charge is 2.16. The summed E-state index contributed by atoms with van der Waals surface area (Å²) in [4.78, 5) is 11.8. The third-order valence-corrected chi connectivity index (χ3v) is 4.24. The van der Waals surface area contributed by atoms with Crippen molar-refractivity contribution in [3.05, 3.63) is 53.6 Å². The van der Waals surface area contributed by atoms with Gasteiger partial charge in [0, 0.05) is 13.2 Å². The standard InChI is InChI=1S/C19H20ClNO3/c20-17-11-15(14-5-2-1-3-6-14)8-9-18(17)24-13-19(22)21-12-16-7-4-10-23-16/h1-3,5-6,8-9,11,16H,4,7,10,12-13H2,(H,21,22). The van der Waals surface area contributed by atoms with Crippen molar-refractivity contribution in [2.75, 3.05) is 19.8 Å². The summed E-state index contributed by atoms with van der Waals surface area (Å²) in [7, 11) is 0. The molecule has 1 fully saturated rings. The van der Waals surface area contributed by atoms with E-state index < -0.39 is 0 Å². The summed E-state index contributed by atoms with van der Waals surface area (Å²) in [5.74, 6) is 0.331. The predicted octanol–water partition coefficient (Wildman–Crippen LogP) is 3.68. The molecule has 2 aromatic carbocycles. The van der Waals surface area contributed by atoms with Crippen LogP contribution in [0, 0.1) is 0 Å². The van der Waals surface area contributed by atoms with Crippen LogP contribution in [0.25, 0.3) is 11.1 Å². The lowest BCUT2D eigenvalue weighted by atomic mass is 10.1. The van der Waals surface area contributed by atoms with Crippen molar-refractivity contribution in [2.24, 2.45) is 0 Å². The van der Waals surface area contributed by atoms with Crippen LogP contribution < -0.4 is 10.1 Å². The zero-order valence-corrected chi connectivity index (χ0v) is 14.1. The molecule has 3 rings (SSSR count). The number of rotatable bonds is 6. The van der Waals surface area contributed by atoms with Crippen molar-refractivity contribution >= 4 is 17.5 Å². The molecule has 1 amide bonds. The van der Waals surface area contributed by atoms with Crippen LogP contribution in [-0.4, -0.2) is 31.8 Å². The summed E-state index contributed by atoms with van der Waals surface area (Å²) in [6, 6.07) is 15.5. The number of amides is 1. The van der Waals surface area contributed by atoms with Gasteiger partial charge in [0.25, 0.3) is 5.91 Å². The molecule has 0 radical (unpaired) electrons. The van der Waals surface area contributed by atoms with E-state index in [1.165, 1.54) is 0 Å². The minimum absolute atomic E-state index is 0.0584. The van der Waals surface area contributed by atoms with E-state index in [1.807, 2.05) is 42.5 Å². The highest BCUT2D eigenvalue weighted by atomic mass is 35.5. The van der Waals surface area contributed by atoms with E-state index in [0.717, 1.165) is 30.6 Å². The maximum absolute atomic E-state index is 11.8. The summed E-state index contributed by atoms with van der Waals surface area (Å²) in [5.41, 5.74) is 2.09. The van der Waals surface area contributed by atoms with Crippen molar-refractivity contribution in [3.63, 3.8) is 0 Å². The SMILES string of the molecule is O=C(COc1ccc(-c2ccccc2)cc1Cl)NCC1CCCO1. The Morgan fingerprint density at radius 1 is 1.21 bits per heavy atom. The molecule has 5 heteroatoms. The number of halogens is 1. The van der Waals surface area contributed by atoms with E-state index in [-0.39, 0.29) is 18.6 Å². The number of carbonyl (C=O) groups excluding carboxylic acids is 1. The Kier molecular flexibility index (Phi) is 5.72. The molecule has 1 aliphatic heterocycles. The van der Waals surface area contributed by atoms with Crippen LogP contribution in [0.4, 0.5) is 0 Å². The number of hydrogen-bond donors (Lipinski definition) is 1. The Bertz CT molecular complexity index is 684. The highest BCUT2D eigenvalue weighted by molar-refractivity contribution is 6.32. The zero-order valence-electron chi connectivity index (χ0n) is 13.3. The fraction of sp³-hybridized carbons (Fsp3) is 0.316. The summed E-state index contributed by atoms with van der Waals surface area (Å²) < 4.78 is 11.0. The topological polar surface area (TPSA) is 47.6 Å². The summed E-state index contributed by atoms with van der Waals surface area (Å²) >= 11 is 6.27. The normalized spacial score (nSPS) is 16.8. The summed E-state index contributed by atoms with van der Waals surface area (Å²) in [6.45, 7) is 1.25. The van der Waals surface area contributed by atoms with Gasteiger partial charge in [0.2, 0.25) is 0 Å². The van der Waals surface area contributed by atoms with Crippen LogP contribution >= 0.6 is 11.6 Å². The fourth-order valence-corrected chi connectivity index (χ4v) is 2.89. The molecule has 1 saturated heterocycles. The van der Waals surface area contributed by atoms with Crippen molar-refractivity contribution < 1.29 is 14.3 Å². The molecule has 24 heavy (non-hydrogen) atoms. The fourth-order valence-electron chi connectivity index (χ4n) is 2.66. The average molecular weight is 346 g/mol. The molecule has 4 nitrogen and oxygen atoms in total. The largest absolute Gasteiger partial charge is 0.482 e. The van der Waals surface area contributed by atoms with Gasteiger partial charge in [-0.3, -0.25) is 4.79 Å². The summed E-state index contributed by atoms with van der Waals surface area (Å²) in [6.07, 6.45) is 2.18. The van der Waals surface area contributed by atoms with Crippen LogP contribution in [-0.2, 0) is 9.53 Å². The minimum Gasteiger partial charge on any atom is -0.482 e. The average Bonchev–Trinajstić information content (AvgIpc) is 3.13. The van der Waals surface area contributed by atoms with E-state index in [2.05, 4.69) is 5.32 Å². The van der Waals surface area contributed by atoms with E-state index in [9.17, 15) is 4.79 Å². The second-order valence-corrected chi connectivity index (χ2v) is 6.15. The number of carbonyl (C=O) groups is 1. The van der Waals surface area contributed by atoms with Crippen molar-refractivity contribution in [1.29, 1.82) is 0 Å². The Morgan fingerprint density at radius 2 is 2.04 bits per heavy atom. The van der Waals surface area contributed by atoms with Crippen molar-refractivity contribution in [2.45, 2.75) is 18.9 Å². The smallest absolute Gasteiger partial charge is 0.258 e. The van der Waals surface area contributed by atoms with E-state index in [4.69, 9.17) is 21.1 Å². The number of ether oxygens (including phenoxy) is 2. The molecule has 0 aromatic heterocycles. The van der Waals surface area contributed by atoms with Crippen LogP contribution in [0.5, 0.6) is 5.75 Å². The van der Waals surface area contributed by atoms with Gasteiger partial charge in [-0.05, 0) is 36.1 Å². The molecule has 1 heterocycles. The number of hydrogen-bond acceptors (Lipinski definition) is 3. The van der Waals surface area contributed by atoms with Crippen LogP contribution in [0.15, 0.2) is 48.5 Å². The van der Waals surface area contributed by atoms with Crippen molar-refractivity contribution in [3.8, 4) is 16.9 Å². The molecule has 2 aromatic rings. The van der Waals surface area contributed by atoms with E-state index >= 15 is 0 Å². The second-order valence-electron chi connectivity index (χ2n) is 5.74. The van der Waals surface area contributed by atoms with Crippen LogP contribution in [0.1, 0.15) is 12.8 Å². The van der Waals surface area contributed by atoms with E-state index in [0.29, 0.717) is 17.3 Å². The van der Waals surface area contributed by atoms with Crippen molar-refractivity contribution in [1.82, 2.24) is 5.32 Å². The molecule has 1 aliphatic rings. The van der Waals surface area contributed by atoms with Crippen LogP contribution in [0.3, 0.4) is 0 Å². The molecular formula is C19H20ClNO3. The molecule has 1 N–H and O–H groups in total. The molecule has 126 valence electrons. The second kappa shape index (κ2) is 8.18. The molecule has 0 spiro atoms. The Hall–Kier alpha value is -2.04. The molecule has 1 unspecified atom stereocenters. The molecule has 1 atom stereocenters. The first-order valence-electron chi connectivity index (χ1n) is 8.08. The predicted molar refractivity (Wildman–Crippen MR) is 94.4 cm³/mol. The van der Waals surface area contributed by atoms with Gasteiger partial charge in [0.1, 0.15) is 5.75 Å². The van der Waals surface area contributed by atoms with Gasteiger partial charge in [-0.15, -0.1) is 0 Å². The lowest BCUT2D eigenvalue weighted by molar-refractivity contribution is -0.123. The number of benzene rings is 2. The maximum Gasteiger partial charge on any atom is 0.258 e. The van der Waals surface area contributed by atoms with Gasteiger partial charge in [-0.25, -0.2) is 0 Å². The summed E-state index contributed by atoms with van der Waals surface area (Å²) in [5, 5.41) is 3.31. The van der Waals surface area contributed by atoms with Crippen LogP contribution in [0.2, 0.25) is 5.02 Å². The Labute approximate surface area is 146 Å². The Morgan fingerprint density at radius 3 is 2.75 bits per heavy atom. The highest BCUT2D eigenvalue weighted by Crippen LogP contribution is 2.30. The maximum atomic E-state index is 11.8. The lowest BCUT2D eigenvalue weighted by Crippen LogP contribution is -2.35.